The Morgan fingerprint density at radius 3 is 2.29 bits per heavy atom. The van der Waals surface area contributed by atoms with Crippen LogP contribution in [0.15, 0.2) is 54.1 Å². The number of rotatable bonds is 9. The number of H-pyrrole nitrogens is 1. The molecule has 7 heterocycles. The lowest BCUT2D eigenvalue weighted by Gasteiger charge is -2.26. The van der Waals surface area contributed by atoms with E-state index in [1.807, 2.05) is 6.07 Å². The average molecular weight is 940 g/mol. The van der Waals surface area contributed by atoms with Gasteiger partial charge in [-0.1, -0.05) is 32.0 Å². The number of carbonyl (C=O) groups is 2. The second-order valence-corrected chi connectivity index (χ2v) is 20.3. The minimum Gasteiger partial charge on any atom is -0.346 e. The molecule has 2 amide bonds. The van der Waals surface area contributed by atoms with Gasteiger partial charge in [-0.05, 0) is 12.1 Å². The number of alkyl halides is 2. The number of nitrogens with one attached hydrogen (secondary N) is 3. The number of nitrogens with zero attached hydrogens (tertiary/aromatic N) is 8. The van der Waals surface area contributed by atoms with E-state index >= 15 is 8.78 Å². The maximum Gasteiger partial charge on any atom is 0.478 e. The van der Waals surface area contributed by atoms with E-state index in [4.69, 9.17) is 32.1 Å². The third-order valence-corrected chi connectivity index (χ3v) is 13.8. The topological polar surface area (TPSA) is 274 Å². The Kier molecular flexibility index (Phi) is 12.9. The second-order valence-electron chi connectivity index (χ2n) is 14.2. The first kappa shape index (κ1) is 44.3. The van der Waals surface area contributed by atoms with E-state index in [1.54, 1.807) is 44.2 Å². The van der Waals surface area contributed by atoms with Crippen molar-refractivity contribution in [3.63, 3.8) is 0 Å². The number of hydrogen-bond donors (Lipinski definition) is 6. The van der Waals surface area contributed by atoms with E-state index < -0.39 is 100 Å². The number of thiol groups is 2. The zero-order chi connectivity index (χ0) is 43.9. The third kappa shape index (κ3) is 9.03. The molecule has 0 aliphatic carbocycles. The van der Waals surface area contributed by atoms with Crippen LogP contribution in [0.1, 0.15) is 43.1 Å². The number of aromatic nitrogens is 8. The van der Waals surface area contributed by atoms with Gasteiger partial charge in [-0.3, -0.25) is 33.8 Å². The van der Waals surface area contributed by atoms with Crippen molar-refractivity contribution in [2.24, 2.45) is 5.92 Å². The summed E-state index contributed by atoms with van der Waals surface area (Å²) in [6.07, 6.45) is -10.1. The molecule has 10 atom stereocenters. The molecule has 0 bridgehead atoms. The van der Waals surface area contributed by atoms with Crippen LogP contribution in [-0.2, 0) is 36.9 Å². The van der Waals surface area contributed by atoms with Gasteiger partial charge in [0.15, 0.2) is 65.2 Å². The van der Waals surface area contributed by atoms with E-state index in [9.17, 15) is 24.5 Å². The number of anilines is 2. The van der Waals surface area contributed by atoms with Crippen LogP contribution in [-0.4, -0.2) is 112 Å². The van der Waals surface area contributed by atoms with Crippen molar-refractivity contribution in [2.45, 2.75) is 69.5 Å². The highest BCUT2D eigenvalue weighted by Crippen LogP contribution is 2.70. The number of aromatic amines is 1. The van der Waals surface area contributed by atoms with Crippen LogP contribution >= 0.6 is 38.8 Å². The predicted molar refractivity (Wildman–Crippen MR) is 221 cm³/mol. The first-order chi connectivity index (χ1) is 29.6. The summed E-state index contributed by atoms with van der Waals surface area (Å²) in [7, 11) is -8.31. The van der Waals surface area contributed by atoms with E-state index in [0.29, 0.717) is 5.56 Å². The van der Waals surface area contributed by atoms with E-state index in [1.165, 1.54) is 10.9 Å². The molecule has 22 nitrogen and oxygen atoms in total. The molecule has 2 unspecified atom stereocenters. The highest BCUT2D eigenvalue weighted by atomic mass is 32.7. The molecule has 8 rings (SSSR count). The molecule has 328 valence electrons. The molecule has 3 saturated heterocycles. The van der Waals surface area contributed by atoms with E-state index in [-0.39, 0.29) is 47.1 Å². The number of benzene rings is 1. The molecule has 5 aromatic rings. The van der Waals surface area contributed by atoms with Gasteiger partial charge in [0.05, 0.1) is 49.6 Å². The summed E-state index contributed by atoms with van der Waals surface area (Å²) in [5, 5.41) is 14.4. The van der Waals surface area contributed by atoms with Crippen molar-refractivity contribution < 1.29 is 55.4 Å². The summed E-state index contributed by atoms with van der Waals surface area (Å²) < 4.78 is 77.6. The van der Waals surface area contributed by atoms with Gasteiger partial charge in [-0.15, -0.1) is 0 Å². The zero-order valence-corrected chi connectivity index (χ0v) is 35.9. The lowest BCUT2D eigenvalue weighted by atomic mass is 10.1. The van der Waals surface area contributed by atoms with Crippen LogP contribution < -0.4 is 16.2 Å². The number of halogens is 2. The van der Waals surface area contributed by atoms with Crippen LogP contribution in [0.3, 0.4) is 0 Å². The van der Waals surface area contributed by atoms with Crippen molar-refractivity contribution in [2.75, 3.05) is 30.5 Å². The molecule has 1 aromatic carbocycles. The Labute approximate surface area is 360 Å². The number of amides is 2. The molecular formula is C34H37F2N11O11P2S2+2. The molecular weight excluding hydrogens is 903 g/mol. The number of carbonyl (C=O) groups excluding carboxylic acids is 2. The molecule has 3 aliphatic rings. The fourth-order valence-electron chi connectivity index (χ4n) is 6.67. The molecule has 4 N–H and O–H groups in total. The highest BCUT2D eigenvalue weighted by molar-refractivity contribution is 8.47. The van der Waals surface area contributed by atoms with Crippen molar-refractivity contribution >= 4 is 84.7 Å². The third-order valence-electron chi connectivity index (χ3n) is 9.70. The number of hydrogen-bond acceptors (Lipinski definition) is 19. The lowest BCUT2D eigenvalue weighted by molar-refractivity contribution is -0.118. The molecule has 62 heavy (non-hydrogen) atoms. The van der Waals surface area contributed by atoms with Crippen molar-refractivity contribution in [3.8, 4) is 6.07 Å². The van der Waals surface area contributed by atoms with Crippen molar-refractivity contribution in [3.05, 3.63) is 65.2 Å². The maximum atomic E-state index is 16.9. The number of nitriles is 1. The second kappa shape index (κ2) is 18.0. The quantitative estimate of drug-likeness (QED) is 0.0685. The van der Waals surface area contributed by atoms with Crippen molar-refractivity contribution in [1.29, 1.82) is 5.26 Å². The van der Waals surface area contributed by atoms with E-state index in [0.717, 1.165) is 17.2 Å². The van der Waals surface area contributed by atoms with E-state index in [2.05, 4.69) is 65.0 Å². The van der Waals surface area contributed by atoms with Gasteiger partial charge < -0.3 is 14.8 Å². The smallest absolute Gasteiger partial charge is 0.346 e. The number of ether oxygens (including phenoxy) is 2. The highest BCUT2D eigenvalue weighted by Gasteiger charge is 2.61. The Bertz CT molecular complexity index is 2570. The van der Waals surface area contributed by atoms with Gasteiger partial charge in [-0.25, -0.2) is 28.7 Å². The first-order valence-corrected chi connectivity index (χ1v) is 24.1. The zero-order valence-electron chi connectivity index (χ0n) is 32.3. The van der Waals surface area contributed by atoms with Crippen molar-refractivity contribution in [1.82, 2.24) is 39.0 Å². The Morgan fingerprint density at radius 1 is 0.968 bits per heavy atom. The average Bonchev–Trinajstić information content (AvgIpc) is 4.01. The van der Waals surface area contributed by atoms with Crippen LogP contribution in [0, 0.1) is 17.2 Å². The fourth-order valence-corrected chi connectivity index (χ4v) is 10.4. The van der Waals surface area contributed by atoms with Crippen LogP contribution in [0.5, 0.6) is 0 Å². The summed E-state index contributed by atoms with van der Waals surface area (Å²) >= 11 is 8.77. The first-order valence-electron chi connectivity index (χ1n) is 18.7. The van der Waals surface area contributed by atoms with Gasteiger partial charge in [0.2, 0.25) is 11.9 Å². The molecule has 3 aliphatic heterocycles. The molecule has 28 heteroatoms. The molecule has 3 fully saturated rings. The van der Waals surface area contributed by atoms with Gasteiger partial charge in [-0.2, -0.15) is 37.8 Å². The van der Waals surface area contributed by atoms with Crippen LogP contribution in [0.4, 0.5) is 20.5 Å². The lowest BCUT2D eigenvalue weighted by Crippen LogP contribution is -2.38. The fraction of sp³-hybridized carbons (Fsp3) is 0.441. The standard InChI is InChI=1S/C34H35F2N11O11P2S2/c1-16(2)29(48)44-34-43-28-23(31(50)45-34)41-15-47(28)33-20(35)24-19(56-33)12-54-60(62,52-10-6-9-37)58-25-18(11-53-59(51,61)57-24)55-32(21(25)36)46-14-40-22-26(38-13-39-27(22)46)42-30(49)17-7-4-3-5-8-17/h3-5,7-8,13-16,18-21,24-25,32-33,51,61-62H,6,10-12H2,1-2H3,(H-2,38,39,42,43,44,45,48,49,50)/p+2/t18-,19-,20-,21-,24-,25-,32-,33-,59?,60?/m1/s1. The summed E-state index contributed by atoms with van der Waals surface area (Å²) in [6, 6.07) is 10.3. The molecule has 0 saturated carbocycles. The molecule has 0 radical (unpaired) electrons. The monoisotopic (exact) mass is 939 g/mol. The number of fused-ring (bicyclic) bond motifs is 4. The largest absolute Gasteiger partial charge is 0.478 e. The van der Waals surface area contributed by atoms with Gasteiger partial charge in [0.25, 0.3) is 11.5 Å². The maximum absolute atomic E-state index is 16.9. The molecule has 0 spiro atoms. The summed E-state index contributed by atoms with van der Waals surface area (Å²) in [5.41, 5.74) is -0.577. The summed E-state index contributed by atoms with van der Waals surface area (Å²) in [5.74, 6) is -1.58. The van der Waals surface area contributed by atoms with Gasteiger partial charge >= 0.3 is 14.3 Å². The predicted octanol–water partition coefficient (Wildman–Crippen LogP) is 4.23. The van der Waals surface area contributed by atoms with Gasteiger partial charge in [0, 0.05) is 11.5 Å². The SMILES string of the molecule is CC(C)C(=O)Nc1nc2c(ncn2[C@@H]2O[C@@H]3CO[P+](S)(OCCC#N)O[C@H]4[C@@H](F)[C@H](n5cnc6c(NC(=O)c7ccccc7)ncnc65)O[C@@H]4CO[P+](O)(S)O[C@H]3[C@H]2F)c(=O)[nH]1. The van der Waals surface area contributed by atoms with Gasteiger partial charge in [0.1, 0.15) is 38.4 Å². The Morgan fingerprint density at radius 2 is 1.61 bits per heavy atom. The molecule has 4 aromatic heterocycles. The summed E-state index contributed by atoms with van der Waals surface area (Å²) in [4.78, 5) is 73.0. The minimum absolute atomic E-state index is 0.0379. The Balaban J connectivity index is 1.07. The summed E-state index contributed by atoms with van der Waals surface area (Å²) in [6.45, 7) is 1.72. The minimum atomic E-state index is -4.32. The Hall–Kier alpha value is -4.35. The van der Waals surface area contributed by atoms with Crippen LogP contribution in [0.2, 0.25) is 0 Å². The van der Waals surface area contributed by atoms with Crippen LogP contribution in [0.25, 0.3) is 22.3 Å². The normalized spacial score (nSPS) is 30.3. The number of imidazole rings is 2.